The average Bonchev–Trinajstić information content (AvgIpc) is 3.54. The van der Waals surface area contributed by atoms with Gasteiger partial charge in [-0.15, -0.1) is 0 Å². The van der Waals surface area contributed by atoms with Crippen LogP contribution in [-0.4, -0.2) is 51.3 Å². The number of rotatable bonds is 8. The third-order valence-electron chi connectivity index (χ3n) is 5.47. The van der Waals surface area contributed by atoms with Crippen LogP contribution in [0.15, 0.2) is 36.7 Å². The first kappa shape index (κ1) is 21.0. The number of hydrogen-bond donors (Lipinski definition) is 0. The normalized spacial score (nSPS) is 13.3. The number of carbonyl (C=O) groups is 1. The summed E-state index contributed by atoms with van der Waals surface area (Å²) >= 11 is 0. The number of nitrogens with zero attached hydrogens (tertiary/aromatic N) is 5. The molecular formula is C23H26FN5O2. The highest BCUT2D eigenvalue weighted by Gasteiger charge is 2.34. The number of aromatic nitrogens is 4. The number of methoxy groups -OCH3 is 1. The average molecular weight is 423 g/mol. The van der Waals surface area contributed by atoms with Crippen LogP contribution in [0.5, 0.6) is 5.75 Å². The van der Waals surface area contributed by atoms with Crippen molar-refractivity contribution in [1.82, 2.24) is 24.6 Å². The molecule has 1 amide bonds. The molecule has 0 aliphatic heterocycles. The monoisotopic (exact) mass is 423 g/mol. The number of halogens is 1. The number of unbranched alkanes of at least 4 members (excludes halogenated alkanes) is 1. The molecule has 0 saturated heterocycles. The van der Waals surface area contributed by atoms with Crippen LogP contribution in [0.3, 0.4) is 0 Å². The van der Waals surface area contributed by atoms with Gasteiger partial charge in [0, 0.05) is 31.3 Å². The van der Waals surface area contributed by atoms with E-state index in [-0.39, 0.29) is 17.6 Å². The van der Waals surface area contributed by atoms with E-state index in [0.717, 1.165) is 31.4 Å². The van der Waals surface area contributed by atoms with Crippen LogP contribution in [0.1, 0.15) is 54.6 Å². The topological polar surface area (TPSA) is 73.1 Å². The van der Waals surface area contributed by atoms with Gasteiger partial charge >= 0.3 is 0 Å². The molecule has 1 saturated carbocycles. The zero-order valence-corrected chi connectivity index (χ0v) is 18.0. The van der Waals surface area contributed by atoms with Crippen LogP contribution in [0, 0.1) is 5.82 Å². The van der Waals surface area contributed by atoms with Crippen LogP contribution in [0.4, 0.5) is 4.39 Å². The van der Waals surface area contributed by atoms with Gasteiger partial charge in [0.15, 0.2) is 11.6 Å². The minimum absolute atomic E-state index is 0.0324. The summed E-state index contributed by atoms with van der Waals surface area (Å²) in [5.41, 5.74) is 2.63. The minimum Gasteiger partial charge on any atom is -0.494 e. The largest absolute Gasteiger partial charge is 0.494 e. The molecule has 2 aromatic heterocycles. The first-order chi connectivity index (χ1) is 15.0. The lowest BCUT2D eigenvalue weighted by Gasteiger charge is -2.17. The molecule has 2 heterocycles. The van der Waals surface area contributed by atoms with E-state index in [1.807, 2.05) is 7.05 Å². The highest BCUT2D eigenvalue weighted by Crippen LogP contribution is 2.42. The van der Waals surface area contributed by atoms with E-state index in [2.05, 4.69) is 22.0 Å². The van der Waals surface area contributed by atoms with Crippen molar-refractivity contribution in [3.8, 4) is 23.0 Å². The molecule has 1 aromatic carbocycles. The summed E-state index contributed by atoms with van der Waals surface area (Å²) in [4.78, 5) is 23.7. The van der Waals surface area contributed by atoms with Gasteiger partial charge in [-0.2, -0.15) is 5.10 Å². The highest BCUT2D eigenvalue weighted by atomic mass is 19.1. The van der Waals surface area contributed by atoms with Gasteiger partial charge in [0.25, 0.3) is 11.9 Å². The quantitative estimate of drug-likeness (QED) is 0.542. The number of benzene rings is 1. The van der Waals surface area contributed by atoms with E-state index >= 15 is 0 Å². The highest BCUT2D eigenvalue weighted by molar-refractivity contribution is 5.95. The maximum Gasteiger partial charge on any atom is 0.257 e. The van der Waals surface area contributed by atoms with Crippen LogP contribution in [0.2, 0.25) is 0 Å². The van der Waals surface area contributed by atoms with Gasteiger partial charge in [0.05, 0.1) is 30.3 Å². The first-order valence-electron chi connectivity index (χ1n) is 10.5. The number of carbonyl (C=O) groups excluding carboxylic acids is 1. The van der Waals surface area contributed by atoms with E-state index in [9.17, 15) is 9.18 Å². The maximum absolute atomic E-state index is 14.2. The third kappa shape index (κ3) is 4.28. The Morgan fingerprint density at radius 2 is 2.13 bits per heavy atom. The van der Waals surface area contributed by atoms with Gasteiger partial charge in [0.2, 0.25) is 0 Å². The molecule has 162 valence electrons. The Hall–Kier alpha value is -3.29. The SMILES string of the molecule is CCCCN(C)C(=O)c1cnn(-c2nccc(-c3ccc(OC)c(F)c3)n2)c1C1CC1. The molecule has 4 rings (SSSR count). The van der Waals surface area contributed by atoms with Gasteiger partial charge in [-0.05, 0) is 43.5 Å². The van der Waals surface area contributed by atoms with E-state index in [0.29, 0.717) is 29.3 Å². The maximum atomic E-state index is 14.2. The lowest BCUT2D eigenvalue weighted by molar-refractivity contribution is 0.0792. The van der Waals surface area contributed by atoms with Crippen molar-refractivity contribution in [2.24, 2.45) is 0 Å². The van der Waals surface area contributed by atoms with E-state index < -0.39 is 5.82 Å². The summed E-state index contributed by atoms with van der Waals surface area (Å²) in [6.07, 6.45) is 7.23. The Bertz CT molecular complexity index is 1090. The van der Waals surface area contributed by atoms with Crippen molar-refractivity contribution in [3.05, 3.63) is 53.7 Å². The Labute approximate surface area is 180 Å². The molecule has 0 spiro atoms. The molecular weight excluding hydrogens is 397 g/mol. The van der Waals surface area contributed by atoms with E-state index in [4.69, 9.17) is 4.74 Å². The Kier molecular flexibility index (Phi) is 5.97. The number of amides is 1. The van der Waals surface area contributed by atoms with Crippen molar-refractivity contribution in [3.63, 3.8) is 0 Å². The predicted octanol–water partition coefficient (Wildman–Crippen LogP) is 4.23. The van der Waals surface area contributed by atoms with Crippen molar-refractivity contribution < 1.29 is 13.9 Å². The number of ether oxygens (including phenoxy) is 1. The molecule has 0 radical (unpaired) electrons. The fraction of sp³-hybridized carbons (Fsp3) is 0.391. The molecule has 8 heteroatoms. The van der Waals surface area contributed by atoms with Gasteiger partial charge in [-0.25, -0.2) is 19.0 Å². The second-order valence-corrected chi connectivity index (χ2v) is 7.80. The molecule has 0 N–H and O–H groups in total. The lowest BCUT2D eigenvalue weighted by Crippen LogP contribution is -2.28. The molecule has 0 unspecified atom stereocenters. The molecule has 0 bridgehead atoms. The standard InChI is InChI=1S/C23H26FN5O2/c1-4-5-12-28(2)22(30)17-14-26-29(21(17)15-6-7-15)23-25-11-10-19(27-23)16-8-9-20(31-3)18(24)13-16/h8-11,13-15H,4-7,12H2,1-3H3. The first-order valence-corrected chi connectivity index (χ1v) is 10.5. The van der Waals surface area contributed by atoms with E-state index in [1.54, 1.807) is 40.2 Å². The van der Waals surface area contributed by atoms with Crippen molar-refractivity contribution >= 4 is 5.91 Å². The Morgan fingerprint density at radius 1 is 1.32 bits per heavy atom. The predicted molar refractivity (Wildman–Crippen MR) is 115 cm³/mol. The van der Waals surface area contributed by atoms with Gasteiger partial charge in [-0.3, -0.25) is 4.79 Å². The molecule has 1 fully saturated rings. The molecule has 0 atom stereocenters. The summed E-state index contributed by atoms with van der Waals surface area (Å²) < 4.78 is 20.8. The third-order valence-corrected chi connectivity index (χ3v) is 5.47. The smallest absolute Gasteiger partial charge is 0.257 e. The summed E-state index contributed by atoms with van der Waals surface area (Å²) in [5, 5.41) is 4.46. The molecule has 1 aliphatic carbocycles. The Morgan fingerprint density at radius 3 is 2.81 bits per heavy atom. The van der Waals surface area contributed by atoms with Gasteiger partial charge in [0.1, 0.15) is 0 Å². The fourth-order valence-corrected chi connectivity index (χ4v) is 3.57. The van der Waals surface area contributed by atoms with Crippen LogP contribution >= 0.6 is 0 Å². The van der Waals surface area contributed by atoms with Crippen LogP contribution < -0.4 is 4.74 Å². The van der Waals surface area contributed by atoms with Gasteiger partial charge in [-0.1, -0.05) is 13.3 Å². The zero-order chi connectivity index (χ0) is 22.0. The minimum atomic E-state index is -0.457. The summed E-state index contributed by atoms with van der Waals surface area (Å²) in [5.74, 6) is 0.324. The van der Waals surface area contributed by atoms with E-state index in [1.165, 1.54) is 13.2 Å². The second-order valence-electron chi connectivity index (χ2n) is 7.80. The number of hydrogen-bond acceptors (Lipinski definition) is 5. The molecule has 1 aliphatic rings. The van der Waals surface area contributed by atoms with Crippen molar-refractivity contribution in [2.45, 2.75) is 38.5 Å². The summed E-state index contributed by atoms with van der Waals surface area (Å²) in [7, 11) is 3.25. The van der Waals surface area contributed by atoms with Crippen molar-refractivity contribution in [1.29, 1.82) is 0 Å². The zero-order valence-electron chi connectivity index (χ0n) is 18.0. The van der Waals surface area contributed by atoms with Gasteiger partial charge < -0.3 is 9.64 Å². The van der Waals surface area contributed by atoms with Crippen LogP contribution in [0.25, 0.3) is 17.2 Å². The Balaban J connectivity index is 1.69. The van der Waals surface area contributed by atoms with Crippen LogP contribution in [-0.2, 0) is 0 Å². The van der Waals surface area contributed by atoms with Crippen molar-refractivity contribution in [2.75, 3.05) is 20.7 Å². The fourth-order valence-electron chi connectivity index (χ4n) is 3.57. The molecule has 3 aromatic rings. The second kappa shape index (κ2) is 8.83. The lowest BCUT2D eigenvalue weighted by atomic mass is 10.1. The molecule has 7 nitrogen and oxygen atoms in total. The summed E-state index contributed by atoms with van der Waals surface area (Å²) in [6, 6.07) is 6.42. The molecule has 31 heavy (non-hydrogen) atoms. The summed E-state index contributed by atoms with van der Waals surface area (Å²) in [6.45, 7) is 2.81.